The highest BCUT2D eigenvalue weighted by molar-refractivity contribution is 5.56. The van der Waals surface area contributed by atoms with Crippen molar-refractivity contribution in [2.45, 2.75) is 58.0 Å². The quantitative estimate of drug-likeness (QED) is 0.463. The second kappa shape index (κ2) is 10.3. The molecule has 0 unspecified atom stereocenters. The molecule has 0 spiro atoms. The molecule has 152 valence electrons. The lowest BCUT2D eigenvalue weighted by molar-refractivity contribution is -0.0521. The molecule has 1 heterocycles. The Hall–Kier alpha value is -2.31. The van der Waals surface area contributed by atoms with Crippen LogP contribution in [-0.2, 0) is 0 Å². The number of aromatic nitrogens is 2. The van der Waals surface area contributed by atoms with Crippen LogP contribution < -0.4 is 9.47 Å². The van der Waals surface area contributed by atoms with Gasteiger partial charge in [-0.25, -0.2) is 14.4 Å². The highest BCUT2D eigenvalue weighted by Gasteiger charge is 2.14. The Kier molecular flexibility index (Phi) is 7.51. The van der Waals surface area contributed by atoms with Crippen LogP contribution in [0.5, 0.6) is 11.5 Å². The molecule has 0 aliphatic heterocycles. The number of rotatable bonds is 10. The van der Waals surface area contributed by atoms with Crippen LogP contribution in [-0.4, -0.2) is 23.2 Å². The van der Waals surface area contributed by atoms with Gasteiger partial charge >= 0.3 is 6.61 Å². The lowest BCUT2D eigenvalue weighted by Crippen LogP contribution is -2.04. The van der Waals surface area contributed by atoms with E-state index in [1.54, 1.807) is 0 Å². The van der Waals surface area contributed by atoms with Crippen LogP contribution >= 0.6 is 0 Å². The number of alkyl halides is 2. The van der Waals surface area contributed by atoms with Crippen molar-refractivity contribution in [2.75, 3.05) is 6.61 Å². The van der Waals surface area contributed by atoms with Crippen molar-refractivity contribution in [3.8, 4) is 22.9 Å². The van der Waals surface area contributed by atoms with Gasteiger partial charge in [0.1, 0.15) is 0 Å². The molecule has 0 radical (unpaired) electrons. The van der Waals surface area contributed by atoms with E-state index < -0.39 is 18.2 Å². The summed E-state index contributed by atoms with van der Waals surface area (Å²) in [5.41, 5.74) is 0.373. The molecule has 3 rings (SSSR count). The highest BCUT2D eigenvalue weighted by atomic mass is 19.3. The van der Waals surface area contributed by atoms with E-state index in [4.69, 9.17) is 4.74 Å². The first kappa shape index (κ1) is 20.4. The predicted octanol–water partition coefficient (Wildman–Crippen LogP) is 6.01. The van der Waals surface area contributed by atoms with E-state index in [9.17, 15) is 13.2 Å². The average Bonchev–Trinajstić information content (AvgIpc) is 3.20. The summed E-state index contributed by atoms with van der Waals surface area (Å²) in [5.74, 6) is 0.373. The Bertz CT molecular complexity index is 735. The first-order valence-corrected chi connectivity index (χ1v) is 9.81. The van der Waals surface area contributed by atoms with Crippen molar-refractivity contribution in [3.05, 3.63) is 36.4 Å². The third-order valence-electron chi connectivity index (χ3n) is 5.03. The van der Waals surface area contributed by atoms with Gasteiger partial charge in [-0.1, -0.05) is 44.9 Å². The Balaban J connectivity index is 1.42. The van der Waals surface area contributed by atoms with Crippen LogP contribution in [0, 0.1) is 11.7 Å². The molecule has 4 nitrogen and oxygen atoms in total. The minimum Gasteiger partial charge on any atom is -0.490 e. The molecule has 1 aromatic carbocycles. The standard InChI is InChI=1S/C21H25F3N2O2/c22-18-12-16(9-10-19(18)28-21(23)24)20-25-13-17(14-26-20)27-11-5-1-2-6-15-7-3-4-8-15/h9-10,12-15,21H,1-8,11H2. The lowest BCUT2D eigenvalue weighted by Gasteiger charge is -2.09. The number of ether oxygens (including phenoxy) is 2. The van der Waals surface area contributed by atoms with E-state index in [0.717, 1.165) is 30.9 Å². The SMILES string of the molecule is Fc1cc(-c2ncc(OCCCCCC3CCCC3)cn2)ccc1OC(F)F. The molecule has 2 aromatic rings. The van der Waals surface area contributed by atoms with Gasteiger partial charge in [0.25, 0.3) is 0 Å². The third-order valence-corrected chi connectivity index (χ3v) is 5.03. The molecule has 0 atom stereocenters. The Morgan fingerprint density at radius 2 is 1.79 bits per heavy atom. The van der Waals surface area contributed by atoms with Gasteiger partial charge in [0.05, 0.1) is 19.0 Å². The third kappa shape index (κ3) is 6.11. The van der Waals surface area contributed by atoms with Crippen molar-refractivity contribution < 1.29 is 22.6 Å². The predicted molar refractivity (Wildman–Crippen MR) is 100.0 cm³/mol. The maximum atomic E-state index is 13.8. The minimum atomic E-state index is -3.07. The van der Waals surface area contributed by atoms with E-state index in [-0.39, 0.29) is 5.82 Å². The number of benzene rings is 1. The molecule has 0 bridgehead atoms. The van der Waals surface area contributed by atoms with Crippen LogP contribution in [0.25, 0.3) is 11.4 Å². The van der Waals surface area contributed by atoms with E-state index in [1.807, 2.05) is 0 Å². The lowest BCUT2D eigenvalue weighted by atomic mass is 10.0. The van der Waals surface area contributed by atoms with E-state index >= 15 is 0 Å². The summed E-state index contributed by atoms with van der Waals surface area (Å²) >= 11 is 0. The number of halogens is 3. The molecule has 1 fully saturated rings. The molecule has 0 amide bonds. The zero-order chi connectivity index (χ0) is 19.8. The first-order chi connectivity index (χ1) is 13.6. The number of hydrogen-bond acceptors (Lipinski definition) is 4. The summed E-state index contributed by atoms with van der Waals surface area (Å²) in [4.78, 5) is 8.31. The molecular weight excluding hydrogens is 369 g/mol. The van der Waals surface area contributed by atoms with Gasteiger partial charge in [-0.15, -0.1) is 0 Å². The maximum Gasteiger partial charge on any atom is 0.387 e. The second-order valence-electron chi connectivity index (χ2n) is 7.11. The van der Waals surface area contributed by atoms with Crippen LogP contribution in [0.3, 0.4) is 0 Å². The van der Waals surface area contributed by atoms with Crippen molar-refractivity contribution in [1.29, 1.82) is 0 Å². The average molecular weight is 394 g/mol. The molecule has 1 aliphatic carbocycles. The number of unbranched alkanes of at least 4 members (excludes halogenated alkanes) is 2. The smallest absolute Gasteiger partial charge is 0.387 e. The van der Waals surface area contributed by atoms with Gasteiger partial charge in [0, 0.05) is 5.56 Å². The van der Waals surface area contributed by atoms with Gasteiger partial charge in [-0.05, 0) is 30.5 Å². The minimum absolute atomic E-state index is 0.284. The van der Waals surface area contributed by atoms with E-state index in [0.29, 0.717) is 17.9 Å². The monoisotopic (exact) mass is 394 g/mol. The van der Waals surface area contributed by atoms with Crippen molar-refractivity contribution in [1.82, 2.24) is 9.97 Å². The topological polar surface area (TPSA) is 44.2 Å². The summed E-state index contributed by atoms with van der Waals surface area (Å²) in [7, 11) is 0. The molecule has 1 saturated carbocycles. The van der Waals surface area contributed by atoms with E-state index in [2.05, 4.69) is 14.7 Å². The van der Waals surface area contributed by atoms with Crippen LogP contribution in [0.2, 0.25) is 0 Å². The number of nitrogens with zero attached hydrogens (tertiary/aromatic N) is 2. The normalized spacial score (nSPS) is 14.6. The molecule has 0 saturated heterocycles. The molecule has 7 heteroatoms. The summed E-state index contributed by atoms with van der Waals surface area (Å²) in [6.45, 7) is -2.46. The van der Waals surface area contributed by atoms with Gasteiger partial charge < -0.3 is 9.47 Å². The zero-order valence-electron chi connectivity index (χ0n) is 15.8. The second-order valence-corrected chi connectivity index (χ2v) is 7.11. The van der Waals surface area contributed by atoms with Gasteiger partial charge in [0.15, 0.2) is 23.1 Å². The van der Waals surface area contributed by atoms with Gasteiger partial charge in [-0.3, -0.25) is 0 Å². The molecular formula is C21H25F3N2O2. The molecule has 28 heavy (non-hydrogen) atoms. The fourth-order valence-corrected chi connectivity index (χ4v) is 3.57. The van der Waals surface area contributed by atoms with Crippen LogP contribution in [0.4, 0.5) is 13.2 Å². The maximum absolute atomic E-state index is 13.8. The fraction of sp³-hybridized carbons (Fsp3) is 0.524. The van der Waals surface area contributed by atoms with Crippen LogP contribution in [0.15, 0.2) is 30.6 Å². The largest absolute Gasteiger partial charge is 0.490 e. The highest BCUT2D eigenvalue weighted by Crippen LogP contribution is 2.29. The molecule has 1 aliphatic rings. The zero-order valence-corrected chi connectivity index (χ0v) is 15.8. The summed E-state index contributed by atoms with van der Waals surface area (Å²) in [6.07, 6.45) is 13.4. The van der Waals surface area contributed by atoms with Gasteiger partial charge in [0.2, 0.25) is 0 Å². The van der Waals surface area contributed by atoms with E-state index in [1.165, 1.54) is 57.0 Å². The van der Waals surface area contributed by atoms with Crippen molar-refractivity contribution in [3.63, 3.8) is 0 Å². The van der Waals surface area contributed by atoms with Gasteiger partial charge in [-0.2, -0.15) is 8.78 Å². The summed E-state index contributed by atoms with van der Waals surface area (Å²) < 4.78 is 47.9. The fourth-order valence-electron chi connectivity index (χ4n) is 3.57. The van der Waals surface area contributed by atoms with Crippen molar-refractivity contribution >= 4 is 0 Å². The Morgan fingerprint density at radius 3 is 2.46 bits per heavy atom. The summed E-state index contributed by atoms with van der Waals surface area (Å²) in [6, 6.07) is 3.63. The molecule has 1 aromatic heterocycles. The van der Waals surface area contributed by atoms with Crippen molar-refractivity contribution in [2.24, 2.45) is 5.92 Å². The van der Waals surface area contributed by atoms with Crippen LogP contribution in [0.1, 0.15) is 51.4 Å². The molecule has 0 N–H and O–H groups in total. The first-order valence-electron chi connectivity index (χ1n) is 9.81. The number of hydrogen-bond donors (Lipinski definition) is 0. The summed E-state index contributed by atoms with van der Waals surface area (Å²) in [5, 5.41) is 0. The Labute approximate surface area is 163 Å². The Morgan fingerprint density at radius 1 is 1.04 bits per heavy atom.